The topological polar surface area (TPSA) is 86.7 Å². The van der Waals surface area contributed by atoms with E-state index < -0.39 is 5.60 Å². The summed E-state index contributed by atoms with van der Waals surface area (Å²) in [6.45, 7) is 2.41. The van der Waals surface area contributed by atoms with Gasteiger partial charge in [-0.15, -0.1) is 0 Å². The standard InChI is InChI=1S/C15H17N5O/c1-15(21,11-5-3-2-4-6-11)7-8-16-13-12-9-19-20-14(12)18-10-17-13/h2-6,9-10,21H,7-8H2,1H3,(H2,16,17,18,19,20). The van der Waals surface area contributed by atoms with Crippen molar-refractivity contribution < 1.29 is 5.11 Å². The Hall–Kier alpha value is -2.47. The lowest BCUT2D eigenvalue weighted by atomic mass is 9.93. The number of anilines is 1. The van der Waals surface area contributed by atoms with Gasteiger partial charge in [0.25, 0.3) is 0 Å². The van der Waals surface area contributed by atoms with E-state index in [1.54, 1.807) is 6.20 Å². The van der Waals surface area contributed by atoms with Gasteiger partial charge in [0.15, 0.2) is 5.65 Å². The molecule has 6 nitrogen and oxygen atoms in total. The maximum absolute atomic E-state index is 10.5. The predicted molar refractivity (Wildman–Crippen MR) is 80.8 cm³/mol. The van der Waals surface area contributed by atoms with Crippen LogP contribution in [0.25, 0.3) is 11.0 Å². The first-order chi connectivity index (χ1) is 10.2. The van der Waals surface area contributed by atoms with E-state index in [0.29, 0.717) is 18.6 Å². The normalized spacial score (nSPS) is 14.0. The molecule has 0 saturated carbocycles. The molecule has 2 heterocycles. The quantitative estimate of drug-likeness (QED) is 0.667. The number of aromatic nitrogens is 4. The van der Waals surface area contributed by atoms with Gasteiger partial charge in [0.1, 0.15) is 12.1 Å². The molecule has 0 radical (unpaired) electrons. The van der Waals surface area contributed by atoms with E-state index in [1.807, 2.05) is 37.3 Å². The summed E-state index contributed by atoms with van der Waals surface area (Å²) in [7, 11) is 0. The summed E-state index contributed by atoms with van der Waals surface area (Å²) in [4.78, 5) is 8.30. The molecule has 0 amide bonds. The van der Waals surface area contributed by atoms with Crippen LogP contribution >= 0.6 is 0 Å². The molecule has 1 atom stereocenters. The van der Waals surface area contributed by atoms with Gasteiger partial charge in [0.2, 0.25) is 0 Å². The molecule has 21 heavy (non-hydrogen) atoms. The van der Waals surface area contributed by atoms with Crippen LogP contribution in [0.15, 0.2) is 42.9 Å². The lowest BCUT2D eigenvalue weighted by molar-refractivity contribution is 0.0515. The number of hydrogen-bond acceptors (Lipinski definition) is 5. The van der Waals surface area contributed by atoms with Crippen LogP contribution in [0, 0.1) is 0 Å². The fourth-order valence-electron chi connectivity index (χ4n) is 2.27. The van der Waals surface area contributed by atoms with Crippen molar-refractivity contribution in [3.63, 3.8) is 0 Å². The van der Waals surface area contributed by atoms with E-state index in [2.05, 4.69) is 25.5 Å². The number of rotatable bonds is 5. The number of hydrogen-bond donors (Lipinski definition) is 3. The summed E-state index contributed by atoms with van der Waals surface area (Å²) in [6.07, 6.45) is 3.74. The van der Waals surface area contributed by atoms with Gasteiger partial charge in [0, 0.05) is 6.54 Å². The summed E-state index contributed by atoms with van der Waals surface area (Å²) in [5.74, 6) is 0.720. The molecule has 108 valence electrons. The Morgan fingerprint density at radius 1 is 1.24 bits per heavy atom. The first kappa shape index (κ1) is 13.5. The van der Waals surface area contributed by atoms with Gasteiger partial charge >= 0.3 is 0 Å². The van der Waals surface area contributed by atoms with Gasteiger partial charge in [-0.05, 0) is 18.9 Å². The lowest BCUT2D eigenvalue weighted by Crippen LogP contribution is -2.24. The zero-order valence-electron chi connectivity index (χ0n) is 11.7. The van der Waals surface area contributed by atoms with Crippen LogP contribution in [0.5, 0.6) is 0 Å². The monoisotopic (exact) mass is 283 g/mol. The van der Waals surface area contributed by atoms with Gasteiger partial charge in [-0.25, -0.2) is 9.97 Å². The predicted octanol–water partition coefficient (Wildman–Crippen LogP) is 2.06. The molecule has 3 N–H and O–H groups in total. The van der Waals surface area contributed by atoms with E-state index >= 15 is 0 Å². The molecule has 1 unspecified atom stereocenters. The second-order valence-corrected chi connectivity index (χ2v) is 5.17. The number of aliphatic hydroxyl groups is 1. The van der Waals surface area contributed by atoms with Crippen LogP contribution in [0.2, 0.25) is 0 Å². The zero-order chi connectivity index (χ0) is 14.7. The van der Waals surface area contributed by atoms with Crippen molar-refractivity contribution in [3.8, 4) is 0 Å². The minimum absolute atomic E-state index is 0.570. The summed E-state index contributed by atoms with van der Waals surface area (Å²) < 4.78 is 0. The Morgan fingerprint density at radius 2 is 2.05 bits per heavy atom. The summed E-state index contributed by atoms with van der Waals surface area (Å²) in [5, 5.41) is 21.4. The van der Waals surface area contributed by atoms with Crippen molar-refractivity contribution in [3.05, 3.63) is 48.4 Å². The third kappa shape index (κ3) is 2.85. The van der Waals surface area contributed by atoms with Crippen LogP contribution in [-0.2, 0) is 5.60 Å². The van der Waals surface area contributed by atoms with Gasteiger partial charge in [0.05, 0.1) is 17.2 Å². The Morgan fingerprint density at radius 3 is 2.86 bits per heavy atom. The number of nitrogens with one attached hydrogen (secondary N) is 2. The number of H-pyrrole nitrogens is 1. The highest BCUT2D eigenvalue weighted by atomic mass is 16.3. The fourth-order valence-corrected chi connectivity index (χ4v) is 2.27. The summed E-state index contributed by atoms with van der Waals surface area (Å²) in [5.41, 5.74) is 0.724. The molecule has 0 saturated heterocycles. The molecule has 0 bridgehead atoms. The fraction of sp³-hybridized carbons (Fsp3) is 0.267. The molecule has 0 aliphatic rings. The molecular formula is C15H17N5O. The largest absolute Gasteiger partial charge is 0.385 e. The van der Waals surface area contributed by atoms with Gasteiger partial charge < -0.3 is 10.4 Å². The first-order valence-electron chi connectivity index (χ1n) is 6.83. The van der Waals surface area contributed by atoms with Gasteiger partial charge in [-0.2, -0.15) is 5.10 Å². The van der Waals surface area contributed by atoms with Crippen LogP contribution in [0.1, 0.15) is 18.9 Å². The zero-order valence-corrected chi connectivity index (χ0v) is 11.7. The van der Waals surface area contributed by atoms with E-state index in [1.165, 1.54) is 6.33 Å². The third-order valence-corrected chi connectivity index (χ3v) is 3.55. The molecule has 1 aromatic carbocycles. The van der Waals surface area contributed by atoms with Crippen molar-refractivity contribution in [1.82, 2.24) is 20.2 Å². The molecule has 0 fully saturated rings. The van der Waals surface area contributed by atoms with Gasteiger partial charge in [-0.3, -0.25) is 5.10 Å². The third-order valence-electron chi connectivity index (χ3n) is 3.55. The van der Waals surface area contributed by atoms with E-state index in [-0.39, 0.29) is 0 Å². The van der Waals surface area contributed by atoms with E-state index in [4.69, 9.17) is 0 Å². The van der Waals surface area contributed by atoms with Crippen LogP contribution in [0.4, 0.5) is 5.82 Å². The summed E-state index contributed by atoms with van der Waals surface area (Å²) >= 11 is 0. The molecule has 3 rings (SSSR count). The smallest absolute Gasteiger partial charge is 0.160 e. The van der Waals surface area contributed by atoms with Crippen molar-refractivity contribution in [2.24, 2.45) is 0 Å². The van der Waals surface area contributed by atoms with Crippen molar-refractivity contribution in [2.45, 2.75) is 18.9 Å². The van der Waals surface area contributed by atoms with E-state index in [0.717, 1.165) is 16.8 Å². The van der Waals surface area contributed by atoms with Crippen LogP contribution in [-0.4, -0.2) is 31.8 Å². The molecule has 0 spiro atoms. The van der Waals surface area contributed by atoms with Crippen LogP contribution in [0.3, 0.4) is 0 Å². The number of fused-ring (bicyclic) bond motifs is 1. The maximum Gasteiger partial charge on any atom is 0.160 e. The lowest BCUT2D eigenvalue weighted by Gasteiger charge is -2.24. The molecular weight excluding hydrogens is 266 g/mol. The van der Waals surface area contributed by atoms with Crippen LogP contribution < -0.4 is 5.32 Å². The minimum atomic E-state index is -0.878. The Balaban J connectivity index is 1.67. The van der Waals surface area contributed by atoms with Crippen molar-refractivity contribution in [1.29, 1.82) is 0 Å². The van der Waals surface area contributed by atoms with Gasteiger partial charge in [-0.1, -0.05) is 30.3 Å². The number of benzene rings is 1. The highest BCUT2D eigenvalue weighted by Crippen LogP contribution is 2.24. The molecule has 6 heteroatoms. The highest BCUT2D eigenvalue weighted by molar-refractivity contribution is 5.85. The number of aromatic amines is 1. The molecule has 0 aliphatic heterocycles. The minimum Gasteiger partial charge on any atom is -0.385 e. The second-order valence-electron chi connectivity index (χ2n) is 5.17. The Kier molecular flexibility index (Phi) is 3.53. The highest BCUT2D eigenvalue weighted by Gasteiger charge is 2.22. The molecule has 3 aromatic rings. The Labute approximate surface area is 122 Å². The molecule has 0 aliphatic carbocycles. The van der Waals surface area contributed by atoms with Crippen molar-refractivity contribution in [2.75, 3.05) is 11.9 Å². The average molecular weight is 283 g/mol. The Bertz CT molecular complexity index is 723. The second kappa shape index (κ2) is 5.49. The molecule has 2 aromatic heterocycles. The number of nitrogens with zero attached hydrogens (tertiary/aromatic N) is 3. The van der Waals surface area contributed by atoms with E-state index in [9.17, 15) is 5.11 Å². The van der Waals surface area contributed by atoms with Crippen molar-refractivity contribution >= 4 is 16.9 Å². The average Bonchev–Trinajstić information content (AvgIpc) is 2.97. The summed E-state index contributed by atoms with van der Waals surface area (Å²) in [6, 6.07) is 9.65. The SMILES string of the molecule is CC(O)(CCNc1ncnc2[nH]ncc12)c1ccccc1. The first-order valence-corrected chi connectivity index (χ1v) is 6.83. The maximum atomic E-state index is 10.5.